The Morgan fingerprint density at radius 1 is 1.31 bits per heavy atom. The molecule has 0 spiro atoms. The first-order valence-electron chi connectivity index (χ1n) is 9.61. The molecule has 2 unspecified atom stereocenters. The highest BCUT2D eigenvalue weighted by Gasteiger charge is 2.39. The van der Waals surface area contributed by atoms with Gasteiger partial charge in [0.2, 0.25) is 0 Å². The minimum Gasteiger partial charge on any atom is -0.380 e. The molecule has 0 saturated carbocycles. The van der Waals surface area contributed by atoms with E-state index in [9.17, 15) is 27.9 Å². The Kier molecular flexibility index (Phi) is 7.23. The third-order valence-electron chi connectivity index (χ3n) is 4.89. The van der Waals surface area contributed by atoms with E-state index in [1.165, 1.54) is 6.07 Å². The maximum absolute atomic E-state index is 13.6. The van der Waals surface area contributed by atoms with Crippen LogP contribution in [-0.4, -0.2) is 55.5 Å². The fourth-order valence-electron chi connectivity index (χ4n) is 3.31. The molecule has 1 heterocycles. The number of nitrogens with zero attached hydrogens (tertiary/aromatic N) is 1. The molecule has 1 saturated heterocycles. The number of carbonyl (C=O) groups excluding carboxylic acids is 2. The molecule has 2 aromatic rings. The molecule has 1 aliphatic heterocycles. The third kappa shape index (κ3) is 4.79. The number of amides is 2. The van der Waals surface area contributed by atoms with Crippen LogP contribution in [0.25, 0.3) is 0 Å². The lowest BCUT2D eigenvalue weighted by molar-refractivity contribution is -0.150. The predicted molar refractivity (Wildman–Crippen MR) is 110 cm³/mol. The lowest BCUT2D eigenvalue weighted by atomic mass is 10.1. The van der Waals surface area contributed by atoms with Crippen molar-refractivity contribution in [2.24, 2.45) is 0 Å². The van der Waals surface area contributed by atoms with Gasteiger partial charge in [0.15, 0.2) is 29.7 Å². The lowest BCUT2D eigenvalue weighted by Gasteiger charge is -2.34. The number of hydrogen-bond donors (Lipinski definition) is 4. The van der Waals surface area contributed by atoms with Gasteiger partial charge in [0.25, 0.3) is 11.8 Å². The fourth-order valence-corrected chi connectivity index (χ4v) is 3.31. The van der Waals surface area contributed by atoms with E-state index in [-0.39, 0.29) is 18.8 Å². The monoisotopic (exact) mass is 450 g/mol. The van der Waals surface area contributed by atoms with Crippen molar-refractivity contribution in [1.29, 1.82) is 5.41 Å². The maximum Gasteiger partial charge on any atom is 0.259 e. The number of morpholine rings is 1. The number of ether oxygens (including phenoxy) is 1. The summed E-state index contributed by atoms with van der Waals surface area (Å²) in [4.78, 5) is 26.2. The van der Waals surface area contributed by atoms with E-state index in [1.807, 2.05) is 0 Å². The minimum absolute atomic E-state index is 0.105. The van der Waals surface area contributed by atoms with E-state index in [4.69, 9.17) is 10.1 Å². The van der Waals surface area contributed by atoms with Gasteiger partial charge in [-0.3, -0.25) is 9.59 Å². The van der Waals surface area contributed by atoms with Crippen molar-refractivity contribution in [2.45, 2.75) is 18.8 Å². The van der Waals surface area contributed by atoms with Crippen LogP contribution in [0.3, 0.4) is 0 Å². The van der Waals surface area contributed by atoms with Crippen molar-refractivity contribution in [1.82, 2.24) is 5.32 Å². The topological polar surface area (TPSA) is 115 Å². The zero-order valence-electron chi connectivity index (χ0n) is 17.0. The van der Waals surface area contributed by atoms with Gasteiger partial charge in [-0.1, -0.05) is 6.07 Å². The largest absolute Gasteiger partial charge is 0.380 e. The van der Waals surface area contributed by atoms with Crippen molar-refractivity contribution in [2.75, 3.05) is 30.4 Å². The van der Waals surface area contributed by atoms with Gasteiger partial charge in [-0.15, -0.1) is 0 Å². The molecule has 4 N–H and O–H groups in total. The van der Waals surface area contributed by atoms with Gasteiger partial charge in [0.05, 0.1) is 6.61 Å². The number of hydrogen-bond acceptors (Lipinski definition) is 6. The molecule has 32 heavy (non-hydrogen) atoms. The molecule has 8 nitrogen and oxygen atoms in total. The van der Waals surface area contributed by atoms with Gasteiger partial charge in [-0.2, -0.15) is 0 Å². The average molecular weight is 450 g/mol. The lowest BCUT2D eigenvalue weighted by Crippen LogP contribution is -2.55. The van der Waals surface area contributed by atoms with Crippen LogP contribution >= 0.6 is 0 Å². The number of halogens is 3. The number of benzene rings is 2. The molecule has 11 heteroatoms. The second-order valence-electron chi connectivity index (χ2n) is 7.03. The van der Waals surface area contributed by atoms with Gasteiger partial charge in [-0.25, -0.2) is 13.2 Å². The number of carbonyl (C=O) groups is 2. The molecule has 0 bridgehead atoms. The van der Waals surface area contributed by atoms with E-state index in [0.29, 0.717) is 29.9 Å². The van der Waals surface area contributed by atoms with Crippen molar-refractivity contribution >= 4 is 29.4 Å². The second-order valence-corrected chi connectivity index (χ2v) is 7.03. The van der Waals surface area contributed by atoms with Crippen molar-refractivity contribution in [3.05, 3.63) is 58.9 Å². The first kappa shape index (κ1) is 23.4. The van der Waals surface area contributed by atoms with Crippen molar-refractivity contribution in [3.63, 3.8) is 0 Å². The van der Waals surface area contributed by atoms with Crippen LogP contribution in [0.4, 0.5) is 24.5 Å². The number of aliphatic hydroxyl groups is 1. The molecule has 0 radical (unpaired) electrons. The summed E-state index contributed by atoms with van der Waals surface area (Å²) >= 11 is 0. The average Bonchev–Trinajstić information content (AvgIpc) is 2.77. The highest BCUT2D eigenvalue weighted by atomic mass is 19.2. The molecule has 3 rings (SSSR count). The van der Waals surface area contributed by atoms with E-state index in [0.717, 1.165) is 16.7 Å². The summed E-state index contributed by atoms with van der Waals surface area (Å²) in [5, 5.41) is 23.3. The molecule has 170 valence electrons. The first-order valence-corrected chi connectivity index (χ1v) is 9.61. The fraction of sp³-hybridized carbons (Fsp3) is 0.286. The van der Waals surface area contributed by atoms with Gasteiger partial charge < -0.3 is 30.8 Å². The maximum atomic E-state index is 13.6. The summed E-state index contributed by atoms with van der Waals surface area (Å²) in [6.45, 7) is 0.204. The minimum atomic E-state index is -1.92. The molecule has 2 atom stereocenters. The second kappa shape index (κ2) is 9.90. The van der Waals surface area contributed by atoms with Gasteiger partial charge in [0, 0.05) is 42.8 Å². The summed E-state index contributed by atoms with van der Waals surface area (Å²) in [7, 11) is 1.72. The Labute approximate surface area is 181 Å². The Morgan fingerprint density at radius 3 is 2.62 bits per heavy atom. The first-order chi connectivity index (χ1) is 15.3. The van der Waals surface area contributed by atoms with Gasteiger partial charge >= 0.3 is 0 Å². The van der Waals surface area contributed by atoms with Crippen LogP contribution in [0, 0.1) is 22.9 Å². The molecular formula is C21H21F3N4O4. The SMILES string of the molecule is CNCc1cc(NC(=O)C(O)C2OCCN(c3cc(F)c(F)c(F)c3)C2=O)ccc1C=N. The molecule has 1 fully saturated rings. The van der Waals surface area contributed by atoms with Crippen LogP contribution in [0.1, 0.15) is 11.1 Å². The van der Waals surface area contributed by atoms with Gasteiger partial charge in [-0.05, 0) is 30.3 Å². The van der Waals surface area contributed by atoms with Gasteiger partial charge in [0.1, 0.15) is 0 Å². The number of aliphatic hydroxyl groups excluding tert-OH is 1. The molecular weight excluding hydrogens is 429 g/mol. The Hall–Kier alpha value is -3.28. The zero-order valence-corrected chi connectivity index (χ0v) is 17.0. The van der Waals surface area contributed by atoms with Crippen LogP contribution in [0.15, 0.2) is 30.3 Å². The number of rotatable bonds is 7. The highest BCUT2D eigenvalue weighted by Crippen LogP contribution is 2.25. The Morgan fingerprint density at radius 2 is 2.00 bits per heavy atom. The summed E-state index contributed by atoms with van der Waals surface area (Å²) in [5.74, 6) is -6.45. The highest BCUT2D eigenvalue weighted by molar-refractivity contribution is 6.04. The van der Waals surface area contributed by atoms with Crippen LogP contribution in [0.5, 0.6) is 0 Å². The van der Waals surface area contributed by atoms with Crippen LogP contribution in [-0.2, 0) is 20.9 Å². The smallest absolute Gasteiger partial charge is 0.259 e. The standard InChI is InChI=1S/C21H21F3N4O4/c1-26-10-12-6-13(3-2-11(12)9-25)27-20(30)18(29)19-21(31)28(4-5-32-19)14-7-15(22)17(24)16(23)8-14/h2-3,6-9,18-19,25-26,29H,4-5,10H2,1H3,(H,27,30). The Bertz CT molecular complexity index is 1030. The zero-order chi connectivity index (χ0) is 23.4. The summed E-state index contributed by atoms with van der Waals surface area (Å²) in [6, 6.07) is 6.06. The number of nitrogens with one attached hydrogen (secondary N) is 3. The predicted octanol–water partition coefficient (Wildman–Crippen LogP) is 1.55. The third-order valence-corrected chi connectivity index (χ3v) is 4.89. The van der Waals surface area contributed by atoms with Crippen molar-refractivity contribution < 1.29 is 32.6 Å². The molecule has 0 aliphatic carbocycles. The summed E-state index contributed by atoms with van der Waals surface area (Å²) in [5.41, 5.74) is 1.43. The summed E-state index contributed by atoms with van der Waals surface area (Å²) in [6.07, 6.45) is -2.38. The van der Waals surface area contributed by atoms with E-state index < -0.39 is 41.5 Å². The number of anilines is 2. The van der Waals surface area contributed by atoms with E-state index >= 15 is 0 Å². The van der Waals surface area contributed by atoms with E-state index in [1.54, 1.807) is 19.2 Å². The summed E-state index contributed by atoms with van der Waals surface area (Å²) < 4.78 is 45.6. The molecule has 2 aromatic carbocycles. The molecule has 1 aliphatic rings. The van der Waals surface area contributed by atoms with Crippen LogP contribution in [0.2, 0.25) is 0 Å². The Balaban J connectivity index is 1.76. The quantitative estimate of drug-likeness (QED) is 0.378. The van der Waals surface area contributed by atoms with E-state index in [2.05, 4.69) is 10.6 Å². The molecule has 0 aromatic heterocycles. The van der Waals surface area contributed by atoms with Crippen molar-refractivity contribution in [3.8, 4) is 0 Å². The molecule has 2 amide bonds. The van der Waals surface area contributed by atoms with Crippen LogP contribution < -0.4 is 15.5 Å². The normalized spacial score (nSPS) is 17.2.